The minimum atomic E-state index is -0.933. The first-order chi connectivity index (χ1) is 12.3. The van der Waals surface area contributed by atoms with Crippen LogP contribution in [0.3, 0.4) is 0 Å². The van der Waals surface area contributed by atoms with Crippen molar-refractivity contribution in [1.82, 2.24) is 0 Å². The van der Waals surface area contributed by atoms with E-state index in [1.54, 1.807) is 6.07 Å². The number of rotatable bonds is 6. The van der Waals surface area contributed by atoms with Crippen LogP contribution in [0.4, 0.5) is 5.69 Å². The summed E-state index contributed by atoms with van der Waals surface area (Å²) in [6, 6.07) is 11.3. The summed E-state index contributed by atoms with van der Waals surface area (Å²) in [6.07, 6.45) is -0.933. The Bertz CT molecular complexity index is 799. The third kappa shape index (κ3) is 5.33. The van der Waals surface area contributed by atoms with Gasteiger partial charge in [-0.3, -0.25) is 4.79 Å². The number of ether oxygens (including phenoxy) is 2. The highest BCUT2D eigenvalue weighted by molar-refractivity contribution is 9.10. The van der Waals surface area contributed by atoms with Crippen molar-refractivity contribution >= 4 is 33.5 Å². The number of carbonyl (C=O) groups excluding carboxylic acids is 2. The average Bonchev–Trinajstić information content (AvgIpc) is 2.56. The first kappa shape index (κ1) is 20.0. The molecule has 0 saturated carbocycles. The minimum absolute atomic E-state index is 0.252. The third-order valence-corrected chi connectivity index (χ3v) is 4.46. The Morgan fingerprint density at radius 1 is 1.12 bits per heavy atom. The Morgan fingerprint density at radius 3 is 2.38 bits per heavy atom. The minimum Gasteiger partial charge on any atom is -0.481 e. The topological polar surface area (TPSA) is 64.6 Å². The summed E-state index contributed by atoms with van der Waals surface area (Å²) in [5, 5.41) is 2.73. The van der Waals surface area contributed by atoms with Crippen molar-refractivity contribution in [2.75, 3.05) is 11.9 Å². The molecule has 2 rings (SSSR count). The fourth-order valence-electron chi connectivity index (χ4n) is 2.40. The number of benzene rings is 2. The van der Waals surface area contributed by atoms with Gasteiger partial charge in [-0.05, 0) is 72.4 Å². The van der Waals surface area contributed by atoms with Gasteiger partial charge in [0.05, 0.1) is 5.69 Å². The Morgan fingerprint density at radius 2 is 1.77 bits per heavy atom. The molecule has 0 aliphatic carbocycles. The molecule has 0 fully saturated rings. The third-order valence-electron chi connectivity index (χ3n) is 3.80. The predicted molar refractivity (Wildman–Crippen MR) is 104 cm³/mol. The van der Waals surface area contributed by atoms with Crippen molar-refractivity contribution in [2.45, 2.75) is 33.8 Å². The number of halogens is 1. The highest BCUT2D eigenvalue weighted by atomic mass is 79.9. The zero-order valence-electron chi connectivity index (χ0n) is 15.3. The van der Waals surface area contributed by atoms with Crippen LogP contribution in [0.1, 0.15) is 23.6 Å². The van der Waals surface area contributed by atoms with Gasteiger partial charge >= 0.3 is 5.97 Å². The largest absolute Gasteiger partial charge is 0.481 e. The van der Waals surface area contributed by atoms with Crippen molar-refractivity contribution in [2.24, 2.45) is 0 Å². The van der Waals surface area contributed by atoms with Gasteiger partial charge in [0, 0.05) is 4.47 Å². The van der Waals surface area contributed by atoms with Crippen LogP contribution in [-0.4, -0.2) is 24.6 Å². The van der Waals surface area contributed by atoms with Crippen LogP contribution in [0.2, 0.25) is 0 Å². The van der Waals surface area contributed by atoms with Crippen LogP contribution in [-0.2, 0) is 14.3 Å². The number of para-hydroxylation sites is 1. The average molecular weight is 420 g/mol. The van der Waals surface area contributed by atoms with E-state index in [1.165, 1.54) is 6.92 Å². The predicted octanol–water partition coefficient (Wildman–Crippen LogP) is 4.32. The van der Waals surface area contributed by atoms with Crippen molar-refractivity contribution in [3.63, 3.8) is 0 Å². The molecule has 0 spiro atoms. The quantitative estimate of drug-likeness (QED) is 0.707. The van der Waals surface area contributed by atoms with Gasteiger partial charge in [-0.1, -0.05) is 24.3 Å². The number of aryl methyl sites for hydroxylation is 3. The molecule has 0 unspecified atom stereocenters. The fraction of sp³-hybridized carbons (Fsp3) is 0.300. The van der Waals surface area contributed by atoms with E-state index in [4.69, 9.17) is 9.47 Å². The number of amides is 1. The van der Waals surface area contributed by atoms with Gasteiger partial charge in [-0.25, -0.2) is 4.79 Å². The molecule has 2 aromatic carbocycles. The number of anilines is 1. The van der Waals surface area contributed by atoms with Gasteiger partial charge in [0.1, 0.15) is 5.75 Å². The van der Waals surface area contributed by atoms with Gasteiger partial charge in [0.15, 0.2) is 12.7 Å². The molecule has 1 amide bonds. The Balaban J connectivity index is 1.89. The molecular weight excluding hydrogens is 398 g/mol. The second-order valence-corrected chi connectivity index (χ2v) is 6.97. The van der Waals surface area contributed by atoms with Crippen LogP contribution < -0.4 is 10.1 Å². The SMILES string of the molecule is Cc1ccc(NC(=O)[C@@H](C)OC(=O)COc2c(C)cccc2C)c(Br)c1. The lowest BCUT2D eigenvalue weighted by Gasteiger charge is -2.16. The second-order valence-electron chi connectivity index (χ2n) is 6.11. The maximum absolute atomic E-state index is 12.2. The zero-order chi connectivity index (χ0) is 19.3. The van der Waals surface area contributed by atoms with Crippen LogP contribution in [0, 0.1) is 20.8 Å². The summed E-state index contributed by atoms with van der Waals surface area (Å²) in [7, 11) is 0. The summed E-state index contributed by atoms with van der Waals surface area (Å²) in [5.74, 6) is -0.349. The fourth-order valence-corrected chi connectivity index (χ4v) is 2.99. The Labute approximate surface area is 161 Å². The number of esters is 1. The van der Waals surface area contributed by atoms with Gasteiger partial charge in [-0.2, -0.15) is 0 Å². The molecule has 1 atom stereocenters. The molecule has 0 aliphatic heterocycles. The van der Waals surface area contributed by atoms with Gasteiger partial charge in [0.25, 0.3) is 5.91 Å². The van der Waals surface area contributed by atoms with Gasteiger partial charge in [-0.15, -0.1) is 0 Å². The van der Waals surface area contributed by atoms with Crippen molar-refractivity contribution < 1.29 is 19.1 Å². The highest BCUT2D eigenvalue weighted by Crippen LogP contribution is 2.24. The number of hydrogen-bond acceptors (Lipinski definition) is 4. The smallest absolute Gasteiger partial charge is 0.344 e. The molecule has 0 radical (unpaired) electrons. The van der Waals surface area contributed by atoms with E-state index in [1.807, 2.05) is 51.1 Å². The first-order valence-electron chi connectivity index (χ1n) is 8.23. The van der Waals surface area contributed by atoms with E-state index in [0.29, 0.717) is 11.4 Å². The normalized spacial score (nSPS) is 11.6. The molecule has 0 heterocycles. The lowest BCUT2D eigenvalue weighted by molar-refractivity contribution is -0.155. The van der Waals surface area contributed by atoms with E-state index >= 15 is 0 Å². The summed E-state index contributed by atoms with van der Waals surface area (Å²) in [4.78, 5) is 24.2. The summed E-state index contributed by atoms with van der Waals surface area (Å²) >= 11 is 3.40. The lowest BCUT2D eigenvalue weighted by atomic mass is 10.1. The highest BCUT2D eigenvalue weighted by Gasteiger charge is 2.19. The van der Waals surface area contributed by atoms with Crippen molar-refractivity contribution in [3.05, 3.63) is 57.6 Å². The van der Waals surface area contributed by atoms with Crippen LogP contribution >= 0.6 is 15.9 Å². The lowest BCUT2D eigenvalue weighted by Crippen LogP contribution is -2.31. The van der Waals surface area contributed by atoms with E-state index in [0.717, 1.165) is 21.2 Å². The molecular formula is C20H22BrNO4. The molecule has 138 valence electrons. The molecule has 26 heavy (non-hydrogen) atoms. The van der Waals surface area contributed by atoms with Crippen molar-refractivity contribution in [1.29, 1.82) is 0 Å². The zero-order valence-corrected chi connectivity index (χ0v) is 16.8. The summed E-state index contributed by atoms with van der Waals surface area (Å²) in [5.41, 5.74) is 3.56. The van der Waals surface area contributed by atoms with E-state index < -0.39 is 18.0 Å². The molecule has 0 bridgehead atoms. The van der Waals surface area contributed by atoms with Crippen LogP contribution in [0.25, 0.3) is 0 Å². The monoisotopic (exact) mass is 419 g/mol. The summed E-state index contributed by atoms with van der Waals surface area (Å²) in [6.45, 7) is 7.04. The Hall–Kier alpha value is -2.34. The molecule has 0 saturated heterocycles. The van der Waals surface area contributed by atoms with E-state index in [-0.39, 0.29) is 6.61 Å². The van der Waals surface area contributed by atoms with Gasteiger partial charge < -0.3 is 14.8 Å². The first-order valence-corrected chi connectivity index (χ1v) is 9.02. The number of hydrogen-bond donors (Lipinski definition) is 1. The van der Waals surface area contributed by atoms with Gasteiger partial charge in [0.2, 0.25) is 0 Å². The van der Waals surface area contributed by atoms with E-state index in [2.05, 4.69) is 21.2 Å². The molecule has 5 nitrogen and oxygen atoms in total. The second kappa shape index (κ2) is 8.85. The maximum atomic E-state index is 12.2. The Kier molecular flexibility index (Phi) is 6.80. The van der Waals surface area contributed by atoms with E-state index in [9.17, 15) is 9.59 Å². The van der Waals surface area contributed by atoms with Crippen LogP contribution in [0.15, 0.2) is 40.9 Å². The maximum Gasteiger partial charge on any atom is 0.344 e. The molecule has 6 heteroatoms. The number of nitrogens with one attached hydrogen (secondary N) is 1. The molecule has 2 aromatic rings. The molecule has 1 N–H and O–H groups in total. The van der Waals surface area contributed by atoms with Crippen LogP contribution in [0.5, 0.6) is 5.75 Å². The summed E-state index contributed by atoms with van der Waals surface area (Å²) < 4.78 is 11.5. The molecule has 0 aliphatic rings. The number of carbonyl (C=O) groups is 2. The molecule has 0 aromatic heterocycles. The van der Waals surface area contributed by atoms with Crippen molar-refractivity contribution in [3.8, 4) is 5.75 Å². The standard InChI is InChI=1S/C20H22BrNO4/c1-12-8-9-17(16(21)10-12)22-20(24)15(4)26-18(23)11-25-19-13(2)6-5-7-14(19)3/h5-10,15H,11H2,1-4H3,(H,22,24)/t15-/m1/s1.